The largest absolute Gasteiger partial charge is 0.497 e. The molecule has 0 spiro atoms. The number of alkyl halides is 3. The lowest BCUT2D eigenvalue weighted by molar-refractivity contribution is -0.138. The van der Waals surface area contributed by atoms with Crippen LogP contribution in [-0.4, -0.2) is 18.1 Å². The van der Waals surface area contributed by atoms with Gasteiger partial charge in [0.25, 0.3) is 0 Å². The molecule has 29 heavy (non-hydrogen) atoms. The first-order valence-electron chi connectivity index (χ1n) is 8.70. The summed E-state index contributed by atoms with van der Waals surface area (Å²) in [6.07, 6.45) is -4.44. The first kappa shape index (κ1) is 20.8. The second kappa shape index (κ2) is 8.21. The molecule has 0 aliphatic rings. The third-order valence-electron chi connectivity index (χ3n) is 4.57. The minimum atomic E-state index is -4.44. The number of halogens is 3. The quantitative estimate of drug-likeness (QED) is 0.391. The van der Waals surface area contributed by atoms with Crippen LogP contribution < -0.4 is 4.74 Å². The minimum Gasteiger partial charge on any atom is -0.497 e. The van der Waals surface area contributed by atoms with Crippen LogP contribution in [0.1, 0.15) is 29.5 Å². The molecule has 3 nitrogen and oxygen atoms in total. The smallest absolute Gasteiger partial charge is 0.416 e. The van der Waals surface area contributed by atoms with Gasteiger partial charge in [0.15, 0.2) is 0 Å². The van der Waals surface area contributed by atoms with Crippen LogP contribution in [0.15, 0.2) is 60.7 Å². The summed E-state index contributed by atoms with van der Waals surface area (Å²) < 4.78 is 48.4. The average molecular weight is 418 g/mol. The molecule has 0 saturated carbocycles. The van der Waals surface area contributed by atoms with E-state index in [1.165, 1.54) is 12.1 Å². The predicted molar refractivity (Wildman–Crippen MR) is 108 cm³/mol. The van der Waals surface area contributed by atoms with Gasteiger partial charge in [0.2, 0.25) is 5.05 Å². The van der Waals surface area contributed by atoms with Gasteiger partial charge in [0.05, 0.1) is 18.6 Å². The van der Waals surface area contributed by atoms with Crippen molar-refractivity contribution in [3.63, 3.8) is 0 Å². The number of carbonyl (C=O) groups is 1. The predicted octanol–water partition coefficient (Wildman–Crippen LogP) is 5.89. The number of rotatable bonds is 4. The molecule has 3 aromatic rings. The Morgan fingerprint density at radius 3 is 2.21 bits per heavy atom. The van der Waals surface area contributed by atoms with Crippen LogP contribution in [0.5, 0.6) is 5.75 Å². The standard InChI is InChI=1S/C22H17F3O3S/c1-13(15-3-4-17-12-19(27-2)10-7-16(17)11-15)20(26)28-21(29)14-5-8-18(9-6-14)22(23,24)25/h3-13H,1-2H3/t13-/m0/s1. The number of esters is 1. The highest BCUT2D eigenvalue weighted by Crippen LogP contribution is 2.29. The highest BCUT2D eigenvalue weighted by atomic mass is 32.1. The van der Waals surface area contributed by atoms with Gasteiger partial charge in [0, 0.05) is 5.56 Å². The molecule has 0 aliphatic carbocycles. The molecule has 0 aromatic heterocycles. The molecule has 0 heterocycles. The van der Waals surface area contributed by atoms with Gasteiger partial charge in [-0.2, -0.15) is 13.2 Å². The first-order chi connectivity index (χ1) is 13.7. The molecule has 150 valence electrons. The Morgan fingerprint density at radius 1 is 0.966 bits per heavy atom. The Hall–Kier alpha value is -2.93. The van der Waals surface area contributed by atoms with Crippen LogP contribution in [0.4, 0.5) is 13.2 Å². The Labute approximate surface area is 171 Å². The zero-order valence-electron chi connectivity index (χ0n) is 15.6. The van der Waals surface area contributed by atoms with E-state index in [0.717, 1.165) is 34.2 Å². The van der Waals surface area contributed by atoms with Crippen molar-refractivity contribution in [3.05, 3.63) is 77.4 Å². The third kappa shape index (κ3) is 4.74. The summed E-state index contributed by atoms with van der Waals surface area (Å²) in [6, 6.07) is 15.4. The van der Waals surface area contributed by atoms with E-state index in [-0.39, 0.29) is 10.6 Å². The number of hydrogen-bond donors (Lipinski definition) is 0. The molecule has 0 unspecified atom stereocenters. The minimum absolute atomic E-state index is 0.166. The zero-order chi connectivity index (χ0) is 21.2. The molecule has 0 amide bonds. The Kier molecular flexibility index (Phi) is 5.88. The van der Waals surface area contributed by atoms with E-state index in [2.05, 4.69) is 0 Å². The number of ether oxygens (including phenoxy) is 2. The normalized spacial score (nSPS) is 12.4. The van der Waals surface area contributed by atoms with Crippen LogP contribution in [0.3, 0.4) is 0 Å². The summed E-state index contributed by atoms with van der Waals surface area (Å²) in [5, 5.41) is 1.74. The van der Waals surface area contributed by atoms with Crippen molar-refractivity contribution in [2.45, 2.75) is 19.0 Å². The van der Waals surface area contributed by atoms with Crippen LogP contribution in [0.2, 0.25) is 0 Å². The molecule has 1 atom stereocenters. The molecule has 0 fully saturated rings. The molecule has 0 N–H and O–H groups in total. The molecule has 3 aromatic carbocycles. The van der Waals surface area contributed by atoms with E-state index < -0.39 is 23.6 Å². The van der Waals surface area contributed by atoms with Crippen LogP contribution >= 0.6 is 12.2 Å². The van der Waals surface area contributed by atoms with Gasteiger partial charge in [-0.15, -0.1) is 0 Å². The van der Waals surface area contributed by atoms with Gasteiger partial charge < -0.3 is 9.47 Å². The van der Waals surface area contributed by atoms with Gasteiger partial charge in [-0.05, 0) is 71.9 Å². The van der Waals surface area contributed by atoms with Crippen LogP contribution in [0, 0.1) is 0 Å². The van der Waals surface area contributed by atoms with Crippen molar-refractivity contribution in [1.82, 2.24) is 0 Å². The van der Waals surface area contributed by atoms with E-state index >= 15 is 0 Å². The molecule has 0 bridgehead atoms. The van der Waals surface area contributed by atoms with Gasteiger partial charge in [-0.25, -0.2) is 0 Å². The Morgan fingerprint density at radius 2 is 1.59 bits per heavy atom. The van der Waals surface area contributed by atoms with E-state index in [1.807, 2.05) is 36.4 Å². The molecule has 0 aliphatic heterocycles. The fraction of sp³-hybridized carbons (Fsp3) is 0.182. The number of thiocarbonyl (C=S) groups is 1. The Bertz CT molecular complexity index is 1060. The van der Waals surface area contributed by atoms with Gasteiger partial charge in [0.1, 0.15) is 5.75 Å². The molecular weight excluding hydrogens is 401 g/mol. The lowest BCUT2D eigenvalue weighted by Crippen LogP contribution is -2.17. The summed E-state index contributed by atoms with van der Waals surface area (Å²) in [4.78, 5) is 12.5. The van der Waals surface area contributed by atoms with Crippen molar-refractivity contribution in [1.29, 1.82) is 0 Å². The van der Waals surface area contributed by atoms with Crippen molar-refractivity contribution in [3.8, 4) is 5.75 Å². The number of benzene rings is 3. The van der Waals surface area contributed by atoms with Crippen LogP contribution in [0.25, 0.3) is 10.8 Å². The van der Waals surface area contributed by atoms with E-state index in [0.29, 0.717) is 0 Å². The first-order valence-corrected chi connectivity index (χ1v) is 9.11. The Balaban J connectivity index is 1.73. The van der Waals surface area contributed by atoms with E-state index in [1.54, 1.807) is 14.0 Å². The zero-order valence-corrected chi connectivity index (χ0v) is 16.4. The van der Waals surface area contributed by atoms with E-state index in [9.17, 15) is 18.0 Å². The summed E-state index contributed by atoms with van der Waals surface area (Å²) in [6.45, 7) is 1.68. The number of methoxy groups -OCH3 is 1. The van der Waals surface area contributed by atoms with Crippen molar-refractivity contribution < 1.29 is 27.4 Å². The maximum Gasteiger partial charge on any atom is 0.416 e. The lowest BCUT2D eigenvalue weighted by Gasteiger charge is -2.14. The van der Waals surface area contributed by atoms with Crippen LogP contribution in [-0.2, 0) is 15.7 Å². The molecular formula is C22H17F3O3S. The summed E-state index contributed by atoms with van der Waals surface area (Å²) in [5.41, 5.74) is 0.179. The summed E-state index contributed by atoms with van der Waals surface area (Å²) in [5.74, 6) is -0.448. The third-order valence-corrected chi connectivity index (χ3v) is 4.89. The molecule has 7 heteroatoms. The molecule has 0 radical (unpaired) electrons. The number of carbonyl (C=O) groups excluding carboxylic acids is 1. The fourth-order valence-corrected chi connectivity index (χ4v) is 3.03. The SMILES string of the molecule is COc1ccc2cc([C@H](C)C(=O)OC(=S)c3ccc(C(F)(F)F)cc3)ccc2c1. The van der Waals surface area contributed by atoms with Gasteiger partial charge in [-0.1, -0.05) is 24.3 Å². The number of hydrogen-bond acceptors (Lipinski definition) is 4. The molecule has 3 rings (SSSR count). The fourth-order valence-electron chi connectivity index (χ4n) is 2.81. The second-order valence-corrected chi connectivity index (χ2v) is 6.85. The van der Waals surface area contributed by atoms with Gasteiger partial charge >= 0.3 is 12.1 Å². The van der Waals surface area contributed by atoms with Crippen molar-refractivity contribution >= 4 is 34.0 Å². The second-order valence-electron chi connectivity index (χ2n) is 6.48. The monoisotopic (exact) mass is 418 g/mol. The van der Waals surface area contributed by atoms with Gasteiger partial charge in [-0.3, -0.25) is 4.79 Å². The van der Waals surface area contributed by atoms with Crippen molar-refractivity contribution in [2.24, 2.45) is 0 Å². The highest BCUT2D eigenvalue weighted by Gasteiger charge is 2.30. The maximum absolute atomic E-state index is 12.7. The van der Waals surface area contributed by atoms with Crippen molar-refractivity contribution in [2.75, 3.05) is 7.11 Å². The highest BCUT2D eigenvalue weighted by molar-refractivity contribution is 7.80. The average Bonchev–Trinajstić information content (AvgIpc) is 2.71. The summed E-state index contributed by atoms with van der Waals surface area (Å²) in [7, 11) is 1.59. The number of fused-ring (bicyclic) bond motifs is 1. The maximum atomic E-state index is 12.7. The lowest BCUT2D eigenvalue weighted by atomic mass is 9.98. The van der Waals surface area contributed by atoms with E-state index in [4.69, 9.17) is 21.7 Å². The topological polar surface area (TPSA) is 35.5 Å². The molecule has 0 saturated heterocycles. The summed E-state index contributed by atoms with van der Waals surface area (Å²) >= 11 is 5.07.